The quantitative estimate of drug-likeness (QED) is 0.343. The Labute approximate surface area is 160 Å². The number of nitro groups is 1. The molecule has 3 aromatic rings. The van der Waals surface area contributed by atoms with E-state index in [9.17, 15) is 14.9 Å². The van der Waals surface area contributed by atoms with Crippen LogP contribution in [0.3, 0.4) is 0 Å². The maximum Gasteiger partial charge on any atom is 0.270 e. The molecule has 0 aliphatic rings. The van der Waals surface area contributed by atoms with Gasteiger partial charge in [0.1, 0.15) is 17.9 Å². The zero-order chi connectivity index (χ0) is 20.1. The number of hydrogen-bond acceptors (Lipinski definition) is 8. The van der Waals surface area contributed by atoms with Crippen LogP contribution in [-0.2, 0) is 11.2 Å². The number of nitrogens with zero attached hydrogens (tertiary/aromatic N) is 4. The van der Waals surface area contributed by atoms with Crippen LogP contribution in [-0.4, -0.2) is 39.0 Å². The number of anilines is 1. The lowest BCUT2D eigenvalue weighted by molar-refractivity contribution is -0.384. The van der Waals surface area contributed by atoms with Gasteiger partial charge in [0.2, 0.25) is 5.91 Å². The first-order valence-corrected chi connectivity index (χ1v) is 8.77. The van der Waals surface area contributed by atoms with E-state index in [4.69, 9.17) is 4.52 Å². The van der Waals surface area contributed by atoms with Gasteiger partial charge in [0.15, 0.2) is 0 Å². The van der Waals surface area contributed by atoms with Crippen molar-refractivity contribution in [1.29, 1.82) is 0 Å². The minimum absolute atomic E-state index is 0.0167. The molecule has 0 saturated heterocycles. The van der Waals surface area contributed by atoms with Crippen LogP contribution < -0.4 is 10.6 Å². The van der Waals surface area contributed by atoms with Crippen molar-refractivity contribution in [3.63, 3.8) is 0 Å². The van der Waals surface area contributed by atoms with Gasteiger partial charge in [-0.2, -0.15) is 0 Å². The van der Waals surface area contributed by atoms with E-state index in [-0.39, 0.29) is 18.0 Å². The highest BCUT2D eigenvalue weighted by molar-refractivity contribution is 5.90. The van der Waals surface area contributed by atoms with E-state index in [1.165, 1.54) is 18.5 Å². The Morgan fingerprint density at radius 3 is 2.79 bits per heavy atom. The predicted molar refractivity (Wildman–Crippen MR) is 102 cm³/mol. The van der Waals surface area contributed by atoms with E-state index in [2.05, 4.69) is 25.8 Å². The minimum atomic E-state index is -0.454. The van der Waals surface area contributed by atoms with Gasteiger partial charge in [-0.15, -0.1) is 0 Å². The molecule has 1 aromatic carbocycles. The molecule has 0 radical (unpaired) electrons. The molecule has 10 heteroatoms. The Morgan fingerprint density at radius 1 is 1.25 bits per heavy atom. The smallest absolute Gasteiger partial charge is 0.270 e. The molecule has 1 amide bonds. The van der Waals surface area contributed by atoms with E-state index in [0.717, 1.165) is 11.3 Å². The molecule has 0 fully saturated rings. The van der Waals surface area contributed by atoms with Gasteiger partial charge in [0, 0.05) is 36.2 Å². The molecule has 0 spiro atoms. The van der Waals surface area contributed by atoms with Crippen LogP contribution in [0.2, 0.25) is 0 Å². The summed E-state index contributed by atoms with van der Waals surface area (Å²) in [5, 5.41) is 21.4. The molecule has 0 bridgehead atoms. The summed E-state index contributed by atoms with van der Waals surface area (Å²) in [5.41, 5.74) is 2.14. The zero-order valence-corrected chi connectivity index (χ0v) is 15.6. The van der Waals surface area contributed by atoms with Crippen molar-refractivity contribution < 1.29 is 14.2 Å². The van der Waals surface area contributed by atoms with Crippen molar-refractivity contribution in [3.05, 3.63) is 51.7 Å². The molecule has 0 saturated carbocycles. The fourth-order valence-corrected chi connectivity index (χ4v) is 2.80. The topological polar surface area (TPSA) is 136 Å². The highest BCUT2D eigenvalue weighted by Crippen LogP contribution is 2.24. The third-order valence-corrected chi connectivity index (χ3v) is 4.32. The molecule has 3 rings (SSSR count). The third-order valence-electron chi connectivity index (χ3n) is 4.32. The third kappa shape index (κ3) is 4.40. The summed E-state index contributed by atoms with van der Waals surface area (Å²) in [5.74, 6) is 1.08. The summed E-state index contributed by atoms with van der Waals surface area (Å²) in [4.78, 5) is 30.8. The Morgan fingerprint density at radius 2 is 2.07 bits per heavy atom. The summed E-state index contributed by atoms with van der Waals surface area (Å²) < 4.78 is 5.05. The van der Waals surface area contributed by atoms with Crippen LogP contribution in [0.25, 0.3) is 10.9 Å². The number of rotatable bonds is 8. The standard InChI is InChI=1S/C18H20N6O4/c1-11-14(12(2)28-23-11)9-17(25)19-6-3-7-20-18-15-8-13(24(26)27)4-5-16(15)21-10-22-18/h4-5,8,10H,3,6-7,9H2,1-2H3,(H,19,25)(H,20,21,22). The molecule has 2 aromatic heterocycles. The molecular formula is C18H20N6O4. The second-order valence-corrected chi connectivity index (χ2v) is 6.29. The van der Waals surface area contributed by atoms with Crippen molar-refractivity contribution in [2.45, 2.75) is 26.7 Å². The Balaban J connectivity index is 1.51. The van der Waals surface area contributed by atoms with Crippen molar-refractivity contribution in [3.8, 4) is 0 Å². The normalized spacial score (nSPS) is 10.8. The van der Waals surface area contributed by atoms with Crippen LogP contribution in [0.5, 0.6) is 0 Å². The molecule has 10 nitrogen and oxygen atoms in total. The monoisotopic (exact) mass is 384 g/mol. The molecule has 0 aliphatic carbocycles. The fraction of sp³-hybridized carbons (Fsp3) is 0.333. The minimum Gasteiger partial charge on any atom is -0.369 e. The average molecular weight is 384 g/mol. The first-order chi connectivity index (χ1) is 13.5. The lowest BCUT2D eigenvalue weighted by Gasteiger charge is -2.09. The number of hydrogen-bond donors (Lipinski definition) is 2. The van der Waals surface area contributed by atoms with Crippen LogP contribution in [0.15, 0.2) is 29.0 Å². The summed E-state index contributed by atoms with van der Waals surface area (Å²) in [6, 6.07) is 4.45. The number of amides is 1. The fourth-order valence-electron chi connectivity index (χ4n) is 2.80. The molecule has 0 atom stereocenters. The van der Waals surface area contributed by atoms with E-state index >= 15 is 0 Å². The van der Waals surface area contributed by atoms with Gasteiger partial charge in [0.25, 0.3) is 5.69 Å². The van der Waals surface area contributed by atoms with E-state index < -0.39 is 4.92 Å². The lowest BCUT2D eigenvalue weighted by atomic mass is 10.1. The number of nitro benzene ring substituents is 1. The van der Waals surface area contributed by atoms with Crippen LogP contribution >= 0.6 is 0 Å². The van der Waals surface area contributed by atoms with Gasteiger partial charge in [-0.1, -0.05) is 5.16 Å². The number of fused-ring (bicyclic) bond motifs is 1. The van der Waals surface area contributed by atoms with Gasteiger partial charge in [-0.05, 0) is 26.3 Å². The number of nitrogens with one attached hydrogen (secondary N) is 2. The van der Waals surface area contributed by atoms with Gasteiger partial charge in [0.05, 0.1) is 22.6 Å². The molecule has 2 heterocycles. The molecule has 0 unspecified atom stereocenters. The van der Waals surface area contributed by atoms with Crippen LogP contribution in [0, 0.1) is 24.0 Å². The van der Waals surface area contributed by atoms with Crippen molar-refractivity contribution >= 4 is 28.3 Å². The van der Waals surface area contributed by atoms with Crippen molar-refractivity contribution in [2.24, 2.45) is 0 Å². The van der Waals surface area contributed by atoms with Crippen molar-refractivity contribution in [2.75, 3.05) is 18.4 Å². The van der Waals surface area contributed by atoms with Crippen molar-refractivity contribution in [1.82, 2.24) is 20.4 Å². The van der Waals surface area contributed by atoms with Crippen LogP contribution in [0.4, 0.5) is 11.5 Å². The van der Waals surface area contributed by atoms with Gasteiger partial charge < -0.3 is 15.2 Å². The van der Waals surface area contributed by atoms with Gasteiger partial charge in [-0.25, -0.2) is 9.97 Å². The predicted octanol–water partition coefficient (Wildman–Crippen LogP) is 2.30. The molecule has 2 N–H and O–H groups in total. The van der Waals surface area contributed by atoms with E-state index in [1.54, 1.807) is 19.9 Å². The van der Waals surface area contributed by atoms with Gasteiger partial charge >= 0.3 is 0 Å². The maximum absolute atomic E-state index is 12.0. The number of carbonyl (C=O) groups is 1. The summed E-state index contributed by atoms with van der Waals surface area (Å²) in [6.07, 6.45) is 2.30. The molecular weight excluding hydrogens is 364 g/mol. The first kappa shape index (κ1) is 19.2. The van der Waals surface area contributed by atoms with E-state index in [0.29, 0.717) is 42.0 Å². The lowest BCUT2D eigenvalue weighted by Crippen LogP contribution is -2.27. The summed E-state index contributed by atoms with van der Waals surface area (Å²) >= 11 is 0. The SMILES string of the molecule is Cc1noc(C)c1CC(=O)NCCCNc1ncnc2ccc([N+](=O)[O-])cc12. The van der Waals surface area contributed by atoms with Crippen LogP contribution in [0.1, 0.15) is 23.4 Å². The highest BCUT2D eigenvalue weighted by atomic mass is 16.6. The number of aromatic nitrogens is 3. The number of benzene rings is 1. The molecule has 28 heavy (non-hydrogen) atoms. The Bertz CT molecular complexity index is 997. The second kappa shape index (κ2) is 8.42. The first-order valence-electron chi connectivity index (χ1n) is 8.77. The highest BCUT2D eigenvalue weighted by Gasteiger charge is 2.13. The van der Waals surface area contributed by atoms with E-state index in [1.807, 2.05) is 0 Å². The second-order valence-electron chi connectivity index (χ2n) is 6.29. The van der Waals surface area contributed by atoms with Gasteiger partial charge in [-0.3, -0.25) is 14.9 Å². The Kier molecular flexibility index (Phi) is 5.78. The summed E-state index contributed by atoms with van der Waals surface area (Å²) in [6.45, 7) is 4.61. The number of non-ortho nitro benzene ring substituents is 1. The zero-order valence-electron chi connectivity index (χ0n) is 15.6. The molecule has 146 valence electrons. The maximum atomic E-state index is 12.0. The molecule has 0 aliphatic heterocycles. The number of aryl methyl sites for hydroxylation is 2. The Hall–Kier alpha value is -3.56. The summed E-state index contributed by atoms with van der Waals surface area (Å²) in [7, 11) is 0. The largest absolute Gasteiger partial charge is 0.369 e. The number of carbonyl (C=O) groups excluding carboxylic acids is 1. The average Bonchev–Trinajstić information content (AvgIpc) is 2.99.